The van der Waals surface area contributed by atoms with Gasteiger partial charge in [-0.15, -0.1) is 0 Å². The Morgan fingerprint density at radius 1 is 1.38 bits per heavy atom. The van der Waals surface area contributed by atoms with Crippen molar-refractivity contribution >= 4 is 25.9 Å². The van der Waals surface area contributed by atoms with Gasteiger partial charge in [0.05, 0.1) is 0 Å². The van der Waals surface area contributed by atoms with E-state index in [4.69, 9.17) is 10.5 Å². The molecule has 0 spiro atoms. The first kappa shape index (κ1) is 9.93. The van der Waals surface area contributed by atoms with E-state index in [1.165, 1.54) is 0 Å². The molecule has 0 unspecified atom stereocenters. The third kappa shape index (κ3) is 3.38. The Labute approximate surface area is 82.0 Å². The fraction of sp³-hybridized carbons (Fsp3) is 0.125. The summed E-state index contributed by atoms with van der Waals surface area (Å²) in [6.45, 7) is -0.134. The van der Waals surface area contributed by atoms with Crippen LogP contribution in [0.4, 0.5) is 0 Å². The number of nitrogens with two attached hydrogens (primary N) is 1. The fourth-order valence-electron chi connectivity index (χ4n) is 0.758. The van der Waals surface area contributed by atoms with Crippen LogP contribution in [0.2, 0.25) is 0 Å². The van der Waals surface area contributed by atoms with Gasteiger partial charge in [0.2, 0.25) is 0 Å². The van der Waals surface area contributed by atoms with Crippen LogP contribution in [0.5, 0.6) is 5.75 Å². The first-order valence-electron chi connectivity index (χ1n) is 3.57. The van der Waals surface area contributed by atoms with Gasteiger partial charge in [0.25, 0.3) is 0 Å². The van der Waals surface area contributed by atoms with Crippen LogP contribution in [0, 0.1) is 0 Å². The zero-order valence-electron chi connectivity index (χ0n) is 6.77. The number of primary amides is 1. The van der Waals surface area contributed by atoms with Crippen LogP contribution < -0.4 is 14.8 Å². The molecule has 0 fully saturated rings. The third-order valence-corrected chi connectivity index (χ3v) is 2.39. The second-order valence-electron chi connectivity index (χ2n) is 2.34. The molecule has 0 heterocycles. The normalized spacial score (nSPS) is 9.85. The standard InChI is InChI=1S/C8H8AsNO3/c10-8(11)5-13-7-3-1-6(9-12)2-4-7/h1-4H,5H2,(H2,10,11). The molecule has 1 aromatic rings. The Morgan fingerprint density at radius 2 is 2.00 bits per heavy atom. The Hall–Kier alpha value is -1.15. The number of hydrogen-bond donors (Lipinski definition) is 1. The molecule has 5 heteroatoms. The summed E-state index contributed by atoms with van der Waals surface area (Å²) in [5, 5.41) is 0. The molecule has 0 saturated carbocycles. The summed E-state index contributed by atoms with van der Waals surface area (Å²) in [7, 11) is 0. The van der Waals surface area contributed by atoms with Crippen molar-refractivity contribution in [1.29, 1.82) is 0 Å². The number of hydrogen-bond acceptors (Lipinski definition) is 3. The van der Waals surface area contributed by atoms with Crippen LogP contribution in [-0.2, 0) is 8.53 Å². The Bertz CT molecular complexity index is 310. The Morgan fingerprint density at radius 3 is 2.46 bits per heavy atom. The van der Waals surface area contributed by atoms with E-state index in [0.717, 1.165) is 4.35 Å². The third-order valence-electron chi connectivity index (χ3n) is 1.32. The summed E-state index contributed by atoms with van der Waals surface area (Å²) in [5.41, 5.74) is 4.89. The van der Waals surface area contributed by atoms with E-state index in [-0.39, 0.29) is 6.61 Å². The zero-order chi connectivity index (χ0) is 9.68. The van der Waals surface area contributed by atoms with Gasteiger partial charge in [-0.3, -0.25) is 0 Å². The molecule has 0 bridgehead atoms. The van der Waals surface area contributed by atoms with Gasteiger partial charge in [-0.2, -0.15) is 0 Å². The molecule has 0 aromatic heterocycles. The van der Waals surface area contributed by atoms with Gasteiger partial charge >= 0.3 is 81.6 Å². The molecule has 0 saturated heterocycles. The van der Waals surface area contributed by atoms with E-state index in [1.54, 1.807) is 24.3 Å². The first-order chi connectivity index (χ1) is 6.22. The molecule has 0 atom stereocenters. The van der Waals surface area contributed by atoms with Crippen molar-refractivity contribution in [3.8, 4) is 5.75 Å². The number of ether oxygens (including phenoxy) is 1. The maximum atomic E-state index is 10.5. The van der Waals surface area contributed by atoms with E-state index in [9.17, 15) is 8.53 Å². The molecular formula is C8H8AsNO3. The van der Waals surface area contributed by atoms with Crippen LogP contribution in [-0.4, -0.2) is 28.2 Å². The van der Waals surface area contributed by atoms with Crippen molar-refractivity contribution in [1.82, 2.24) is 0 Å². The van der Waals surface area contributed by atoms with Gasteiger partial charge in [-0.05, 0) is 0 Å². The summed E-state index contributed by atoms with van der Waals surface area (Å²) in [5.74, 6) is 0.0384. The predicted octanol–water partition coefficient (Wildman–Crippen LogP) is -0.774. The SMILES string of the molecule is NC(=O)COc1ccc([As]=O)cc1. The number of carbonyl (C=O) groups is 1. The predicted molar refractivity (Wildman–Crippen MR) is 47.2 cm³/mol. The summed E-state index contributed by atoms with van der Waals surface area (Å²) in [6, 6.07) is 6.71. The summed E-state index contributed by atoms with van der Waals surface area (Å²) in [4.78, 5) is 10.3. The van der Waals surface area contributed by atoms with Crippen LogP contribution in [0.3, 0.4) is 0 Å². The van der Waals surface area contributed by atoms with Crippen molar-refractivity contribution in [3.05, 3.63) is 24.3 Å². The van der Waals surface area contributed by atoms with E-state index >= 15 is 0 Å². The minimum atomic E-state index is -0.995. The molecule has 13 heavy (non-hydrogen) atoms. The minimum absolute atomic E-state index is 0.134. The van der Waals surface area contributed by atoms with E-state index in [2.05, 4.69) is 0 Å². The maximum absolute atomic E-state index is 10.5. The van der Waals surface area contributed by atoms with E-state index in [0.29, 0.717) is 5.75 Å². The van der Waals surface area contributed by atoms with Gasteiger partial charge in [-0.25, -0.2) is 0 Å². The molecule has 0 aliphatic heterocycles. The molecule has 0 radical (unpaired) electrons. The van der Waals surface area contributed by atoms with Crippen molar-refractivity contribution in [3.63, 3.8) is 0 Å². The molecule has 1 amide bonds. The van der Waals surface area contributed by atoms with Gasteiger partial charge in [0.15, 0.2) is 0 Å². The quantitative estimate of drug-likeness (QED) is 0.703. The van der Waals surface area contributed by atoms with Crippen molar-refractivity contribution in [2.24, 2.45) is 5.73 Å². The number of carbonyl (C=O) groups excluding carboxylic acids is 1. The molecule has 2 N–H and O–H groups in total. The van der Waals surface area contributed by atoms with Crippen LogP contribution in [0.1, 0.15) is 0 Å². The van der Waals surface area contributed by atoms with Crippen LogP contribution in [0.15, 0.2) is 24.3 Å². The van der Waals surface area contributed by atoms with Gasteiger partial charge in [0, 0.05) is 0 Å². The second kappa shape index (κ2) is 4.77. The zero-order valence-corrected chi connectivity index (χ0v) is 8.64. The molecule has 1 aromatic carbocycles. The van der Waals surface area contributed by atoms with E-state index in [1.807, 2.05) is 0 Å². The first-order valence-corrected chi connectivity index (χ1v) is 5.27. The topological polar surface area (TPSA) is 69.4 Å². The molecule has 0 aliphatic carbocycles. The number of benzene rings is 1. The summed E-state index contributed by atoms with van der Waals surface area (Å²) >= 11 is -0.995. The second-order valence-corrected chi connectivity index (χ2v) is 3.81. The van der Waals surface area contributed by atoms with Crippen molar-refractivity contribution < 1.29 is 13.3 Å². The average molecular weight is 241 g/mol. The summed E-state index contributed by atoms with van der Waals surface area (Å²) in [6.07, 6.45) is 0. The van der Waals surface area contributed by atoms with Gasteiger partial charge in [0.1, 0.15) is 0 Å². The monoisotopic (exact) mass is 241 g/mol. The number of rotatable bonds is 4. The van der Waals surface area contributed by atoms with Gasteiger partial charge in [-0.1, -0.05) is 0 Å². The van der Waals surface area contributed by atoms with Crippen LogP contribution >= 0.6 is 0 Å². The number of amides is 1. The average Bonchev–Trinajstić information content (AvgIpc) is 2.15. The van der Waals surface area contributed by atoms with Crippen LogP contribution in [0.25, 0.3) is 0 Å². The molecular weight excluding hydrogens is 233 g/mol. The molecule has 1 rings (SSSR count). The fourth-order valence-corrected chi connectivity index (χ4v) is 1.33. The Balaban J connectivity index is 2.59. The molecule has 4 nitrogen and oxygen atoms in total. The molecule has 68 valence electrons. The van der Waals surface area contributed by atoms with E-state index < -0.39 is 21.6 Å². The van der Waals surface area contributed by atoms with Crippen molar-refractivity contribution in [2.75, 3.05) is 6.61 Å². The molecule has 0 aliphatic rings. The van der Waals surface area contributed by atoms with Crippen molar-refractivity contribution in [2.45, 2.75) is 0 Å². The summed E-state index contributed by atoms with van der Waals surface area (Å²) < 4.78 is 16.3. The van der Waals surface area contributed by atoms with Gasteiger partial charge < -0.3 is 0 Å². The Kier molecular flexibility index (Phi) is 3.65.